The molecule has 3 aliphatic rings. The van der Waals surface area contributed by atoms with Gasteiger partial charge in [-0.3, -0.25) is 0 Å². The summed E-state index contributed by atoms with van der Waals surface area (Å²) >= 11 is 5.88. The van der Waals surface area contributed by atoms with Gasteiger partial charge in [0.05, 0.1) is 11.9 Å². The standard InChI is InChI=1S/C13H18ClN3/c1-9-6-13(14)15-7-11(9)16-12-8-17-4-2-10(12)3-5-17/h6-7,10,12,16H,2-5,8H2,1H3. The van der Waals surface area contributed by atoms with E-state index in [-0.39, 0.29) is 0 Å². The minimum atomic E-state index is 0.571. The zero-order chi connectivity index (χ0) is 11.8. The molecule has 1 atom stereocenters. The van der Waals surface area contributed by atoms with Crippen LogP contribution >= 0.6 is 11.6 Å². The number of fused-ring (bicyclic) bond motifs is 3. The van der Waals surface area contributed by atoms with Gasteiger partial charge in [-0.2, -0.15) is 0 Å². The topological polar surface area (TPSA) is 28.2 Å². The van der Waals surface area contributed by atoms with E-state index in [0.29, 0.717) is 11.2 Å². The van der Waals surface area contributed by atoms with E-state index in [2.05, 4.69) is 22.1 Å². The number of nitrogens with one attached hydrogen (secondary N) is 1. The van der Waals surface area contributed by atoms with E-state index in [1.165, 1.54) is 38.0 Å². The number of nitrogens with zero attached hydrogens (tertiary/aromatic N) is 2. The van der Waals surface area contributed by atoms with E-state index in [1.807, 2.05) is 12.3 Å². The lowest BCUT2D eigenvalue weighted by atomic mass is 9.84. The van der Waals surface area contributed by atoms with Crippen molar-refractivity contribution in [3.63, 3.8) is 0 Å². The minimum absolute atomic E-state index is 0.571. The van der Waals surface area contributed by atoms with Crippen LogP contribution in [-0.2, 0) is 0 Å². The fourth-order valence-electron chi connectivity index (χ4n) is 3.00. The molecule has 17 heavy (non-hydrogen) atoms. The number of anilines is 1. The molecule has 2 bridgehead atoms. The normalized spacial score (nSPS) is 31.5. The van der Waals surface area contributed by atoms with Gasteiger partial charge in [0.1, 0.15) is 5.15 Å². The summed E-state index contributed by atoms with van der Waals surface area (Å²) in [5.74, 6) is 0.829. The predicted octanol–water partition coefficient (Wildman–Crippen LogP) is 2.55. The molecule has 4 rings (SSSR count). The summed E-state index contributed by atoms with van der Waals surface area (Å²) in [7, 11) is 0. The van der Waals surface area contributed by atoms with Crippen molar-refractivity contribution < 1.29 is 0 Å². The molecule has 0 aromatic carbocycles. The maximum Gasteiger partial charge on any atom is 0.129 e. The Balaban J connectivity index is 1.74. The van der Waals surface area contributed by atoms with Gasteiger partial charge in [-0.25, -0.2) is 4.98 Å². The lowest BCUT2D eigenvalue weighted by molar-refractivity contribution is 0.0975. The van der Waals surface area contributed by atoms with Crippen LogP contribution in [0.15, 0.2) is 12.3 Å². The highest BCUT2D eigenvalue weighted by atomic mass is 35.5. The second kappa shape index (κ2) is 4.46. The zero-order valence-electron chi connectivity index (χ0n) is 10.1. The Labute approximate surface area is 107 Å². The Morgan fingerprint density at radius 3 is 2.76 bits per heavy atom. The molecule has 3 nitrogen and oxygen atoms in total. The Kier molecular flexibility index (Phi) is 2.97. The zero-order valence-corrected chi connectivity index (χ0v) is 10.9. The summed E-state index contributed by atoms with van der Waals surface area (Å²) < 4.78 is 0. The van der Waals surface area contributed by atoms with Gasteiger partial charge in [0.2, 0.25) is 0 Å². The van der Waals surface area contributed by atoms with Gasteiger partial charge in [0.25, 0.3) is 0 Å². The molecule has 1 unspecified atom stereocenters. The second-order valence-corrected chi connectivity index (χ2v) is 5.60. The van der Waals surface area contributed by atoms with Gasteiger partial charge in [-0.05, 0) is 50.4 Å². The number of piperidine rings is 3. The van der Waals surface area contributed by atoms with Crippen LogP contribution in [0.2, 0.25) is 5.15 Å². The van der Waals surface area contributed by atoms with Crippen molar-refractivity contribution in [3.05, 3.63) is 23.0 Å². The average molecular weight is 252 g/mol. The van der Waals surface area contributed by atoms with E-state index in [1.54, 1.807) is 0 Å². The smallest absolute Gasteiger partial charge is 0.129 e. The maximum absolute atomic E-state index is 5.88. The number of pyridine rings is 1. The third kappa shape index (κ3) is 2.26. The summed E-state index contributed by atoms with van der Waals surface area (Å²) in [5.41, 5.74) is 2.31. The Morgan fingerprint density at radius 2 is 2.18 bits per heavy atom. The number of hydrogen-bond acceptors (Lipinski definition) is 3. The monoisotopic (exact) mass is 251 g/mol. The molecule has 3 fully saturated rings. The van der Waals surface area contributed by atoms with Gasteiger partial charge in [-0.15, -0.1) is 0 Å². The SMILES string of the molecule is Cc1cc(Cl)ncc1NC1CN2CCC1CC2. The number of rotatable bonds is 2. The number of aromatic nitrogens is 1. The van der Waals surface area contributed by atoms with Crippen molar-refractivity contribution >= 4 is 17.3 Å². The molecule has 0 aliphatic carbocycles. The first kappa shape index (κ1) is 11.3. The van der Waals surface area contributed by atoms with Crippen molar-refractivity contribution in [2.24, 2.45) is 5.92 Å². The molecule has 3 aliphatic heterocycles. The highest BCUT2D eigenvalue weighted by Crippen LogP contribution is 2.30. The van der Waals surface area contributed by atoms with Crippen LogP contribution in [0.1, 0.15) is 18.4 Å². The van der Waals surface area contributed by atoms with Crippen molar-refractivity contribution in [1.29, 1.82) is 0 Å². The first-order valence-electron chi connectivity index (χ1n) is 6.33. The summed E-state index contributed by atoms with van der Waals surface area (Å²) in [5, 5.41) is 4.22. The molecule has 0 amide bonds. The highest BCUT2D eigenvalue weighted by molar-refractivity contribution is 6.29. The van der Waals surface area contributed by atoms with Crippen LogP contribution in [-0.4, -0.2) is 35.6 Å². The van der Waals surface area contributed by atoms with Gasteiger partial charge >= 0.3 is 0 Å². The Morgan fingerprint density at radius 1 is 1.41 bits per heavy atom. The molecule has 1 aromatic heterocycles. The lowest BCUT2D eigenvalue weighted by Gasteiger charge is -2.45. The van der Waals surface area contributed by atoms with E-state index in [4.69, 9.17) is 11.6 Å². The largest absolute Gasteiger partial charge is 0.379 e. The summed E-state index contributed by atoms with van der Waals surface area (Å²) in [4.78, 5) is 6.71. The summed E-state index contributed by atoms with van der Waals surface area (Å²) in [6.07, 6.45) is 4.52. The quantitative estimate of drug-likeness (QED) is 0.819. The maximum atomic E-state index is 5.88. The van der Waals surface area contributed by atoms with Crippen molar-refractivity contribution in [2.45, 2.75) is 25.8 Å². The van der Waals surface area contributed by atoms with E-state index in [9.17, 15) is 0 Å². The fourth-order valence-corrected chi connectivity index (χ4v) is 3.21. The van der Waals surface area contributed by atoms with Crippen LogP contribution in [0, 0.1) is 12.8 Å². The minimum Gasteiger partial charge on any atom is -0.379 e. The van der Waals surface area contributed by atoms with Crippen LogP contribution in [0.5, 0.6) is 0 Å². The molecule has 0 spiro atoms. The molecule has 4 heterocycles. The van der Waals surface area contributed by atoms with Gasteiger partial charge < -0.3 is 10.2 Å². The first-order chi connectivity index (χ1) is 8.22. The van der Waals surface area contributed by atoms with Gasteiger partial charge in [0, 0.05) is 12.6 Å². The lowest BCUT2D eigenvalue weighted by Crippen LogP contribution is -2.53. The third-order valence-electron chi connectivity index (χ3n) is 4.07. The second-order valence-electron chi connectivity index (χ2n) is 5.21. The molecule has 3 saturated heterocycles. The predicted molar refractivity (Wildman–Crippen MR) is 70.6 cm³/mol. The van der Waals surface area contributed by atoms with Crippen LogP contribution < -0.4 is 5.32 Å². The molecule has 4 heteroatoms. The number of halogens is 1. The highest BCUT2D eigenvalue weighted by Gasteiger charge is 2.34. The van der Waals surface area contributed by atoms with Crippen molar-refractivity contribution in [1.82, 2.24) is 9.88 Å². The Hall–Kier alpha value is -0.800. The third-order valence-corrected chi connectivity index (χ3v) is 4.28. The Bertz CT molecular complexity index is 413. The number of aryl methyl sites for hydroxylation is 1. The molecule has 92 valence electrons. The molecular formula is C13H18ClN3. The molecule has 0 radical (unpaired) electrons. The van der Waals surface area contributed by atoms with Crippen LogP contribution in [0.4, 0.5) is 5.69 Å². The molecule has 1 N–H and O–H groups in total. The number of hydrogen-bond donors (Lipinski definition) is 1. The van der Waals surface area contributed by atoms with Crippen molar-refractivity contribution in [2.75, 3.05) is 25.0 Å². The molecule has 0 saturated carbocycles. The fraction of sp³-hybridized carbons (Fsp3) is 0.615. The van der Waals surface area contributed by atoms with Gasteiger partial charge in [0.15, 0.2) is 0 Å². The van der Waals surface area contributed by atoms with E-state index >= 15 is 0 Å². The molecule has 1 aromatic rings. The van der Waals surface area contributed by atoms with Gasteiger partial charge in [-0.1, -0.05) is 11.6 Å². The van der Waals surface area contributed by atoms with Crippen LogP contribution in [0.3, 0.4) is 0 Å². The first-order valence-corrected chi connectivity index (χ1v) is 6.71. The average Bonchev–Trinajstić information content (AvgIpc) is 2.34. The van der Waals surface area contributed by atoms with E-state index in [0.717, 1.165) is 11.6 Å². The summed E-state index contributed by atoms with van der Waals surface area (Å²) in [6.45, 7) is 5.81. The summed E-state index contributed by atoms with van der Waals surface area (Å²) in [6, 6.07) is 2.50. The van der Waals surface area contributed by atoms with Crippen molar-refractivity contribution in [3.8, 4) is 0 Å². The van der Waals surface area contributed by atoms with Crippen LogP contribution in [0.25, 0.3) is 0 Å². The molecular weight excluding hydrogens is 234 g/mol. The van der Waals surface area contributed by atoms with E-state index < -0.39 is 0 Å².